The Hall–Kier alpha value is -5.85. The van der Waals surface area contributed by atoms with Gasteiger partial charge in [0.2, 0.25) is 23.2 Å². The molecular weight excluding hydrogens is 799 g/mol. The third-order valence-corrected chi connectivity index (χ3v) is 11.9. The first-order valence-electron chi connectivity index (χ1n) is 20.0. The highest BCUT2D eigenvalue weighted by Gasteiger charge is 2.42. The fraction of sp³-hybridized carbons (Fsp3) is 0.512. The summed E-state index contributed by atoms with van der Waals surface area (Å²) in [5.74, 6) is 2.61. The smallest absolute Gasteiger partial charge is 0.315 e. The molecule has 0 saturated carbocycles. The van der Waals surface area contributed by atoms with Crippen molar-refractivity contribution in [3.8, 4) is 45.8 Å². The summed E-state index contributed by atoms with van der Waals surface area (Å²) in [6.45, 7) is 1.65. The maximum atomic E-state index is 13.7. The number of hydrogen-bond donors (Lipinski definition) is 4. The van der Waals surface area contributed by atoms with Crippen LogP contribution in [0.15, 0.2) is 39.7 Å². The summed E-state index contributed by atoms with van der Waals surface area (Å²) in [7, 11) is 7.40. The van der Waals surface area contributed by atoms with Crippen LogP contribution in [0.5, 0.6) is 34.5 Å². The van der Waals surface area contributed by atoms with Crippen molar-refractivity contribution < 1.29 is 47.2 Å². The van der Waals surface area contributed by atoms with Crippen LogP contribution in [0.25, 0.3) is 22.3 Å². The summed E-state index contributed by atoms with van der Waals surface area (Å²) in [5, 5.41) is 20.4. The molecule has 2 fully saturated rings. The average Bonchev–Trinajstić information content (AvgIpc) is 3.99. The van der Waals surface area contributed by atoms with Gasteiger partial charge >= 0.3 is 6.03 Å². The van der Waals surface area contributed by atoms with E-state index in [4.69, 9.17) is 32.8 Å². The lowest BCUT2D eigenvalue weighted by Gasteiger charge is -2.19. The minimum atomic E-state index is -0.378. The molecule has 6 rings (SSSR count). The van der Waals surface area contributed by atoms with E-state index in [1.165, 1.54) is 41.6 Å². The van der Waals surface area contributed by atoms with Crippen LogP contribution in [0.4, 0.5) is 4.79 Å². The van der Waals surface area contributed by atoms with Gasteiger partial charge in [-0.15, -0.1) is 5.10 Å². The molecule has 2 aromatic carbocycles. The van der Waals surface area contributed by atoms with Gasteiger partial charge in [-0.3, -0.25) is 19.1 Å². The van der Waals surface area contributed by atoms with Gasteiger partial charge in [-0.05, 0) is 56.7 Å². The normalized spacial score (nSPS) is 16.8. The van der Waals surface area contributed by atoms with E-state index in [2.05, 4.69) is 31.6 Å². The zero-order valence-electron chi connectivity index (χ0n) is 34.6. The van der Waals surface area contributed by atoms with Gasteiger partial charge in [0, 0.05) is 48.7 Å². The minimum Gasteiger partial charge on any atom is -0.493 e. The topological polar surface area (TPSA) is 216 Å². The van der Waals surface area contributed by atoms with Crippen LogP contribution in [-0.2, 0) is 11.3 Å². The molecule has 2 aliphatic rings. The van der Waals surface area contributed by atoms with Crippen molar-refractivity contribution in [1.82, 2.24) is 36.3 Å². The number of amides is 4. The van der Waals surface area contributed by atoms with Gasteiger partial charge in [-0.1, -0.05) is 11.6 Å². The van der Waals surface area contributed by atoms with E-state index in [0.717, 1.165) is 25.0 Å². The van der Waals surface area contributed by atoms with Crippen LogP contribution in [0.1, 0.15) is 61.9 Å². The van der Waals surface area contributed by atoms with Crippen molar-refractivity contribution in [2.24, 2.45) is 0 Å². The summed E-state index contributed by atoms with van der Waals surface area (Å²) < 4.78 is 41.8. The Morgan fingerprint density at radius 1 is 0.850 bits per heavy atom. The monoisotopic (exact) mass is 851 g/mol. The Morgan fingerprint density at radius 2 is 1.62 bits per heavy atom. The second-order valence-electron chi connectivity index (χ2n) is 14.3. The van der Waals surface area contributed by atoms with E-state index >= 15 is 0 Å². The minimum absolute atomic E-state index is 0.0106. The Morgan fingerprint density at radius 3 is 2.38 bits per heavy atom. The summed E-state index contributed by atoms with van der Waals surface area (Å²) in [5.41, 5.74) is 0.542. The van der Waals surface area contributed by atoms with Gasteiger partial charge in [-0.2, -0.15) is 11.8 Å². The predicted molar refractivity (Wildman–Crippen MR) is 224 cm³/mol. The number of thioether (sulfide) groups is 1. The van der Waals surface area contributed by atoms with Gasteiger partial charge in [0.25, 0.3) is 5.91 Å². The first-order chi connectivity index (χ1) is 29.2. The predicted octanol–water partition coefficient (Wildman–Crippen LogP) is 4.31. The first-order valence-corrected chi connectivity index (χ1v) is 21.0. The molecule has 324 valence electrons. The fourth-order valence-corrected chi connectivity index (χ4v) is 8.87. The van der Waals surface area contributed by atoms with Crippen molar-refractivity contribution in [2.45, 2.75) is 75.2 Å². The molecule has 3 atom stereocenters. The molecule has 0 bridgehead atoms. The van der Waals surface area contributed by atoms with Crippen LogP contribution < -0.4 is 55.1 Å². The van der Waals surface area contributed by atoms with Crippen LogP contribution in [0.3, 0.4) is 0 Å². The molecule has 0 unspecified atom stereocenters. The van der Waals surface area contributed by atoms with E-state index in [1.807, 2.05) is 11.8 Å². The zero-order chi connectivity index (χ0) is 42.6. The van der Waals surface area contributed by atoms with Crippen molar-refractivity contribution in [2.75, 3.05) is 61.0 Å². The van der Waals surface area contributed by atoms with Crippen LogP contribution in [0.2, 0.25) is 0 Å². The van der Waals surface area contributed by atoms with Gasteiger partial charge in [0.05, 0.1) is 60.4 Å². The van der Waals surface area contributed by atoms with E-state index in [9.17, 15) is 19.2 Å². The van der Waals surface area contributed by atoms with Gasteiger partial charge in [-0.25, -0.2) is 4.79 Å². The molecule has 4 aromatic rings. The third-order valence-electron chi connectivity index (χ3n) is 10.4. The third kappa shape index (κ3) is 10.3. The number of ether oxygens (including phenoxy) is 6. The molecule has 4 heterocycles. The molecule has 0 aliphatic carbocycles. The van der Waals surface area contributed by atoms with Gasteiger partial charge in [0.15, 0.2) is 34.0 Å². The molecule has 60 heavy (non-hydrogen) atoms. The highest BCUT2D eigenvalue weighted by Crippen LogP contribution is 2.50. The molecule has 4 N–H and O–H groups in total. The molecule has 2 saturated heterocycles. The van der Waals surface area contributed by atoms with Crippen LogP contribution >= 0.6 is 11.8 Å². The molecular formula is C41H53N7O11S. The van der Waals surface area contributed by atoms with E-state index in [-0.39, 0.29) is 87.4 Å². The largest absolute Gasteiger partial charge is 0.493 e. The van der Waals surface area contributed by atoms with E-state index in [0.29, 0.717) is 74.1 Å². The number of fused-ring (bicyclic) bond motifs is 2. The molecule has 0 radical (unpaired) electrons. The molecule has 19 heteroatoms. The Bertz CT molecular complexity index is 2200. The maximum Gasteiger partial charge on any atom is 0.315 e. The number of unbranched alkanes of at least 4 members (excludes halogenated alkanes) is 3. The molecule has 4 amide bonds. The summed E-state index contributed by atoms with van der Waals surface area (Å²) >= 11 is 1.88. The molecule has 18 nitrogen and oxygen atoms in total. The number of hydrogen-bond acceptors (Lipinski definition) is 14. The maximum absolute atomic E-state index is 13.7. The van der Waals surface area contributed by atoms with Crippen molar-refractivity contribution in [1.29, 1.82) is 0 Å². The Kier molecular flexibility index (Phi) is 15.2. The lowest BCUT2D eigenvalue weighted by atomic mass is 10.0. The number of benzene rings is 2. The Balaban J connectivity index is 0.918. The first kappa shape index (κ1) is 43.7. The van der Waals surface area contributed by atoms with Crippen LogP contribution in [0, 0.1) is 0 Å². The fourth-order valence-electron chi connectivity index (χ4n) is 7.33. The van der Waals surface area contributed by atoms with Gasteiger partial charge < -0.3 is 54.1 Å². The van der Waals surface area contributed by atoms with Crippen LogP contribution in [-0.4, -0.2) is 111 Å². The second kappa shape index (κ2) is 20.9. The molecule has 2 aliphatic heterocycles. The summed E-state index contributed by atoms with van der Waals surface area (Å²) in [6.07, 6.45) is 7.39. The lowest BCUT2D eigenvalue weighted by molar-refractivity contribution is -0.121. The van der Waals surface area contributed by atoms with E-state index in [1.54, 1.807) is 29.1 Å². The standard InChI is InChI=1S/C41H53N7O11S/c1-53-28-15-14-24(20-30(28)54-2)29-21-27(49)33-35(37(55-3)39(57-5)38(56-4)36(33)59-29)58-19-10-6-9-16-43-40(51)25-22-48(47-46-25)18-11-17-42-32(50)13-8-7-12-31-34-26(23-60-31)44-41(52)45-34/h14-15,20-22,26,31,34H,6-13,16-19,23H2,1-5H3,(H,42,50)(H,43,51)(H2,44,45,52)/t26-,31-,34-/m0/s1. The average molecular weight is 852 g/mol. The van der Waals surface area contributed by atoms with Crippen molar-refractivity contribution >= 4 is 40.6 Å². The molecule has 2 aromatic heterocycles. The number of nitrogens with one attached hydrogen (secondary N) is 4. The number of methoxy groups -OCH3 is 5. The SMILES string of the molecule is COc1ccc(-c2cc(=O)c3c(OCCCCCNC(=O)c4cn(CCCNC(=O)CCCC[C@@H]5SC[C@@H]6NC(=O)N[C@@H]65)nn4)c(OC)c(OC)c(OC)c3o2)cc1OC. The highest BCUT2D eigenvalue weighted by molar-refractivity contribution is 8.00. The number of aryl methyl sites for hydroxylation is 1. The number of carbonyl (C=O) groups is 3. The van der Waals surface area contributed by atoms with E-state index < -0.39 is 0 Å². The van der Waals surface area contributed by atoms with Crippen molar-refractivity contribution in [3.63, 3.8) is 0 Å². The zero-order valence-corrected chi connectivity index (χ0v) is 35.4. The summed E-state index contributed by atoms with van der Waals surface area (Å²) in [6, 6.07) is 6.86. The summed E-state index contributed by atoms with van der Waals surface area (Å²) in [4.78, 5) is 50.3. The lowest BCUT2D eigenvalue weighted by Crippen LogP contribution is -2.36. The number of carbonyl (C=O) groups excluding carboxylic acids is 3. The number of aromatic nitrogens is 3. The number of rotatable bonds is 23. The van der Waals surface area contributed by atoms with Crippen molar-refractivity contribution in [3.05, 3.63) is 46.4 Å². The number of nitrogens with zero attached hydrogens (tertiary/aromatic N) is 3. The quantitative estimate of drug-likeness (QED) is 0.0605. The Labute approximate surface area is 351 Å². The second-order valence-corrected chi connectivity index (χ2v) is 15.6. The van der Waals surface area contributed by atoms with Gasteiger partial charge in [0.1, 0.15) is 11.1 Å². The molecule has 0 spiro atoms. The number of urea groups is 1. The highest BCUT2D eigenvalue weighted by atomic mass is 32.2.